The molecule has 9 heteroatoms. The molecule has 2 amide bonds. The molecule has 33 heavy (non-hydrogen) atoms. The summed E-state index contributed by atoms with van der Waals surface area (Å²) in [5.41, 5.74) is 1.37. The number of nitro benzene ring substituents is 1. The predicted octanol–water partition coefficient (Wildman–Crippen LogP) is 4.10. The number of amides is 2. The number of ether oxygens (including phenoxy) is 1. The summed E-state index contributed by atoms with van der Waals surface area (Å²) in [6.07, 6.45) is 2.74. The first-order chi connectivity index (χ1) is 15.7. The van der Waals surface area contributed by atoms with Crippen molar-refractivity contribution in [3.8, 4) is 5.75 Å². The molecule has 0 radical (unpaired) electrons. The normalized spacial score (nSPS) is 25.3. The minimum atomic E-state index is -0.635. The lowest BCUT2D eigenvalue weighted by molar-refractivity contribution is -0.384. The lowest BCUT2D eigenvalue weighted by Crippen LogP contribution is -2.33. The van der Waals surface area contributed by atoms with Gasteiger partial charge in [0.25, 0.3) is 5.69 Å². The van der Waals surface area contributed by atoms with Crippen molar-refractivity contribution in [2.75, 3.05) is 4.90 Å². The van der Waals surface area contributed by atoms with Crippen molar-refractivity contribution < 1.29 is 24.0 Å². The Balaban J connectivity index is 1.47. The summed E-state index contributed by atoms with van der Waals surface area (Å²) in [5.74, 6) is -2.50. The molecule has 2 aromatic rings. The van der Waals surface area contributed by atoms with Gasteiger partial charge in [0.1, 0.15) is 5.69 Å². The summed E-state index contributed by atoms with van der Waals surface area (Å²) in [5, 5.41) is 11.9. The molecule has 2 fully saturated rings. The molecule has 2 bridgehead atoms. The van der Waals surface area contributed by atoms with Crippen molar-refractivity contribution in [2.45, 2.75) is 19.8 Å². The topological polar surface area (TPSA) is 107 Å². The van der Waals surface area contributed by atoms with E-state index in [0.29, 0.717) is 10.6 Å². The van der Waals surface area contributed by atoms with Gasteiger partial charge in [0.05, 0.1) is 23.2 Å². The van der Waals surface area contributed by atoms with Gasteiger partial charge < -0.3 is 4.74 Å². The highest BCUT2D eigenvalue weighted by Gasteiger charge is 2.61. The van der Waals surface area contributed by atoms with Crippen LogP contribution in [0.25, 0.3) is 0 Å². The van der Waals surface area contributed by atoms with E-state index in [1.807, 2.05) is 13.0 Å². The van der Waals surface area contributed by atoms with Crippen molar-refractivity contribution in [1.82, 2.24) is 0 Å². The molecule has 5 rings (SSSR count). The molecule has 1 saturated carbocycles. The number of esters is 1. The van der Waals surface area contributed by atoms with Gasteiger partial charge >= 0.3 is 5.97 Å². The van der Waals surface area contributed by atoms with Gasteiger partial charge in [-0.05, 0) is 48.9 Å². The Labute approximate surface area is 193 Å². The Hall–Kier alpha value is -3.52. The maximum absolute atomic E-state index is 13.3. The Kier molecular flexibility index (Phi) is 5.05. The molecule has 2 aliphatic carbocycles. The van der Waals surface area contributed by atoms with E-state index in [1.165, 1.54) is 12.1 Å². The molecular formula is C24H19ClN2O6. The van der Waals surface area contributed by atoms with E-state index < -0.39 is 34.5 Å². The van der Waals surface area contributed by atoms with E-state index in [9.17, 15) is 24.5 Å². The number of halogens is 1. The summed E-state index contributed by atoms with van der Waals surface area (Å²) >= 11 is 5.87. The van der Waals surface area contributed by atoms with Crippen molar-refractivity contribution in [1.29, 1.82) is 0 Å². The summed E-state index contributed by atoms with van der Waals surface area (Å²) in [6, 6.07) is 10.2. The molecule has 4 atom stereocenters. The lowest BCUT2D eigenvalue weighted by atomic mass is 9.82. The van der Waals surface area contributed by atoms with Crippen molar-refractivity contribution in [3.63, 3.8) is 0 Å². The van der Waals surface area contributed by atoms with E-state index in [-0.39, 0.29) is 35.4 Å². The van der Waals surface area contributed by atoms with Gasteiger partial charge in [0, 0.05) is 17.2 Å². The average Bonchev–Trinajstić information content (AvgIpc) is 3.40. The molecule has 8 nitrogen and oxygen atoms in total. The number of allylic oxidation sites excluding steroid dienone is 2. The van der Waals surface area contributed by atoms with Gasteiger partial charge in [0.15, 0.2) is 5.75 Å². The molecule has 0 spiro atoms. The van der Waals surface area contributed by atoms with Crippen LogP contribution in [0.5, 0.6) is 5.75 Å². The standard InChI is InChI=1S/C24H19ClN2O6/c1-12-8-14-10-17(12)22-21(14)23(29)26(24(22)30)18-11-16(27(31)32)6-7-19(18)33-20(28)9-13-2-4-15(25)5-3-13/h2-8,11,14,17,21-22H,9-10H2,1H3. The summed E-state index contributed by atoms with van der Waals surface area (Å²) < 4.78 is 5.48. The van der Waals surface area contributed by atoms with Crippen LogP contribution in [0.15, 0.2) is 54.1 Å². The van der Waals surface area contributed by atoms with Crippen molar-refractivity contribution in [2.24, 2.45) is 23.7 Å². The number of non-ortho nitro benzene ring substituents is 1. The lowest BCUT2D eigenvalue weighted by Gasteiger charge is -2.20. The summed E-state index contributed by atoms with van der Waals surface area (Å²) in [4.78, 5) is 50.9. The van der Waals surface area contributed by atoms with Crippen molar-refractivity contribution >= 4 is 40.8 Å². The second-order valence-electron chi connectivity index (χ2n) is 8.67. The molecule has 168 valence electrons. The first-order valence-electron chi connectivity index (χ1n) is 10.5. The number of hydrogen-bond donors (Lipinski definition) is 0. The highest BCUT2D eigenvalue weighted by atomic mass is 35.5. The fraction of sp³-hybridized carbons (Fsp3) is 0.292. The fourth-order valence-electron chi connectivity index (χ4n) is 5.32. The van der Waals surface area contributed by atoms with Crippen LogP contribution in [0.3, 0.4) is 0 Å². The predicted molar refractivity (Wildman–Crippen MR) is 119 cm³/mol. The average molecular weight is 467 g/mol. The van der Waals surface area contributed by atoms with E-state index in [1.54, 1.807) is 24.3 Å². The summed E-state index contributed by atoms with van der Waals surface area (Å²) in [6.45, 7) is 1.96. The molecule has 0 aromatic heterocycles. The number of anilines is 1. The van der Waals surface area contributed by atoms with Crippen LogP contribution >= 0.6 is 11.6 Å². The second kappa shape index (κ2) is 7.81. The minimum absolute atomic E-state index is 0.00365. The number of nitrogens with zero attached hydrogens (tertiary/aromatic N) is 2. The highest BCUT2D eigenvalue weighted by Crippen LogP contribution is 2.56. The second-order valence-corrected chi connectivity index (χ2v) is 9.10. The molecule has 1 saturated heterocycles. The number of hydrogen-bond acceptors (Lipinski definition) is 6. The van der Waals surface area contributed by atoms with Gasteiger partial charge in [-0.2, -0.15) is 0 Å². The third-order valence-corrected chi connectivity index (χ3v) is 7.01. The van der Waals surface area contributed by atoms with Crippen LogP contribution in [0.1, 0.15) is 18.9 Å². The highest BCUT2D eigenvalue weighted by molar-refractivity contribution is 6.30. The molecule has 4 unspecified atom stereocenters. The van der Waals surface area contributed by atoms with Gasteiger partial charge in [-0.25, -0.2) is 4.90 Å². The molecule has 1 aliphatic heterocycles. The van der Waals surface area contributed by atoms with Crippen LogP contribution in [0.2, 0.25) is 5.02 Å². The largest absolute Gasteiger partial charge is 0.424 e. The first-order valence-corrected chi connectivity index (χ1v) is 10.9. The Morgan fingerprint density at radius 2 is 1.85 bits per heavy atom. The van der Waals surface area contributed by atoms with Crippen LogP contribution in [0.4, 0.5) is 11.4 Å². The Morgan fingerprint density at radius 1 is 1.15 bits per heavy atom. The number of rotatable bonds is 5. The van der Waals surface area contributed by atoms with Gasteiger partial charge in [0.2, 0.25) is 11.8 Å². The van der Waals surface area contributed by atoms with Crippen LogP contribution in [0, 0.1) is 33.8 Å². The molecule has 1 heterocycles. The van der Waals surface area contributed by atoms with Crippen molar-refractivity contribution in [3.05, 3.63) is 74.8 Å². The van der Waals surface area contributed by atoms with E-state index in [0.717, 1.165) is 23.0 Å². The zero-order valence-electron chi connectivity index (χ0n) is 17.6. The third-order valence-electron chi connectivity index (χ3n) is 6.76. The Bertz CT molecular complexity index is 1240. The first kappa shape index (κ1) is 21.3. The molecule has 2 aromatic carbocycles. The number of imide groups is 1. The smallest absolute Gasteiger partial charge is 0.315 e. The Morgan fingerprint density at radius 3 is 2.55 bits per heavy atom. The monoisotopic (exact) mass is 466 g/mol. The number of benzene rings is 2. The number of carbonyl (C=O) groups excluding carboxylic acids is 3. The minimum Gasteiger partial charge on any atom is -0.424 e. The molecular weight excluding hydrogens is 448 g/mol. The number of nitro groups is 1. The van der Waals surface area contributed by atoms with Gasteiger partial charge in [-0.3, -0.25) is 24.5 Å². The van der Waals surface area contributed by atoms with E-state index >= 15 is 0 Å². The maximum atomic E-state index is 13.3. The fourth-order valence-corrected chi connectivity index (χ4v) is 5.45. The van der Waals surface area contributed by atoms with E-state index in [2.05, 4.69) is 0 Å². The zero-order valence-corrected chi connectivity index (χ0v) is 18.3. The van der Waals surface area contributed by atoms with Crippen LogP contribution < -0.4 is 9.64 Å². The van der Waals surface area contributed by atoms with Gasteiger partial charge in [-0.1, -0.05) is 35.4 Å². The van der Waals surface area contributed by atoms with E-state index in [4.69, 9.17) is 16.3 Å². The third kappa shape index (κ3) is 3.51. The number of fused-ring (bicyclic) bond motifs is 5. The SMILES string of the molecule is CC1=CC2CC1C1C(=O)N(c3cc([N+](=O)[O-])ccc3OC(=O)Cc3ccc(Cl)cc3)C(=O)C21. The quantitative estimate of drug-likeness (QED) is 0.164. The van der Waals surface area contributed by atoms with Gasteiger partial charge in [-0.15, -0.1) is 0 Å². The molecule has 3 aliphatic rings. The maximum Gasteiger partial charge on any atom is 0.315 e. The molecule has 0 N–H and O–H groups in total. The zero-order chi connectivity index (χ0) is 23.4. The summed E-state index contributed by atoms with van der Waals surface area (Å²) in [7, 11) is 0. The number of carbonyl (C=O) groups is 3. The van der Waals surface area contributed by atoms with Crippen LogP contribution in [-0.4, -0.2) is 22.7 Å². The van der Waals surface area contributed by atoms with Crippen LogP contribution in [-0.2, 0) is 20.8 Å².